The Hall–Kier alpha value is -1.09. The Balaban J connectivity index is -0.0000000457. The van der Waals surface area contributed by atoms with Crippen LogP contribution < -0.4 is 11.7 Å². The highest BCUT2D eigenvalue weighted by Crippen LogP contribution is 1.45. The van der Waals surface area contributed by atoms with Gasteiger partial charge in [-0.05, 0) is 0 Å². The lowest BCUT2D eigenvalue weighted by Crippen LogP contribution is -1.75. The Morgan fingerprint density at radius 2 is 1.17 bits per heavy atom. The molecule has 10 heteroatoms. The standard InChI is InChI=1S/2CH4N4.BrH.ClH/c2*2-4-1-5-3;;/h2*1-2H,3H2;2*1H. The number of rotatable bonds is 2. The van der Waals surface area contributed by atoms with Crippen LogP contribution in [0.5, 0.6) is 0 Å². The fourth-order valence-corrected chi connectivity index (χ4v) is 0.0667. The molecule has 0 aliphatic carbocycles. The van der Waals surface area contributed by atoms with Gasteiger partial charge in [0.2, 0.25) is 0 Å². The van der Waals surface area contributed by atoms with Crippen LogP contribution in [0.15, 0.2) is 20.4 Å². The van der Waals surface area contributed by atoms with E-state index >= 15 is 0 Å². The van der Waals surface area contributed by atoms with Crippen molar-refractivity contribution in [2.45, 2.75) is 0 Å². The van der Waals surface area contributed by atoms with Gasteiger partial charge in [-0.25, -0.2) is 11.1 Å². The van der Waals surface area contributed by atoms with Gasteiger partial charge in [0.05, 0.1) is 0 Å². The third-order valence-electron chi connectivity index (χ3n) is 0.249. The molecule has 0 aliphatic heterocycles. The van der Waals surface area contributed by atoms with Crippen molar-refractivity contribution in [3.05, 3.63) is 0 Å². The van der Waals surface area contributed by atoms with Crippen LogP contribution >= 0.6 is 29.4 Å². The molecule has 0 aliphatic rings. The molecule has 0 amide bonds. The van der Waals surface area contributed by atoms with Crippen LogP contribution in [0.2, 0.25) is 0 Å². The second-order valence-corrected chi connectivity index (χ2v) is 0.787. The van der Waals surface area contributed by atoms with Gasteiger partial charge in [0, 0.05) is 0 Å². The highest BCUT2D eigenvalue weighted by molar-refractivity contribution is 8.93. The first kappa shape index (κ1) is 22.4. The highest BCUT2D eigenvalue weighted by Gasteiger charge is 1.44. The van der Waals surface area contributed by atoms with Crippen LogP contribution in [0.4, 0.5) is 0 Å². The summed E-state index contributed by atoms with van der Waals surface area (Å²) in [5.41, 5.74) is 12.0. The summed E-state index contributed by atoms with van der Waals surface area (Å²) in [6, 6.07) is 0. The maximum absolute atomic E-state index is 6.00. The maximum atomic E-state index is 6.00. The van der Waals surface area contributed by atoms with Gasteiger partial charge in [-0.2, -0.15) is 10.2 Å². The van der Waals surface area contributed by atoms with Gasteiger partial charge in [0.1, 0.15) is 0 Å². The molecule has 0 atom stereocenters. The third-order valence-corrected chi connectivity index (χ3v) is 0.249. The summed E-state index contributed by atoms with van der Waals surface area (Å²) >= 11 is 0. The number of hydrogen-bond donors (Lipinski definition) is 4. The van der Waals surface area contributed by atoms with Crippen molar-refractivity contribution in [1.82, 2.24) is 0 Å². The van der Waals surface area contributed by atoms with E-state index in [0.29, 0.717) is 0 Å². The van der Waals surface area contributed by atoms with E-state index in [0.717, 1.165) is 12.7 Å². The van der Waals surface area contributed by atoms with Crippen LogP contribution in [0.3, 0.4) is 0 Å². The zero-order valence-electron chi connectivity index (χ0n) is 5.91. The molecule has 0 saturated carbocycles. The van der Waals surface area contributed by atoms with E-state index in [1.807, 2.05) is 0 Å². The molecule has 0 spiro atoms. The molecular weight excluding hydrogens is 251 g/mol. The van der Waals surface area contributed by atoms with E-state index in [4.69, 9.17) is 11.1 Å². The molecule has 0 heterocycles. The van der Waals surface area contributed by atoms with Crippen molar-refractivity contribution < 1.29 is 0 Å². The van der Waals surface area contributed by atoms with Crippen LogP contribution in [-0.4, -0.2) is 12.7 Å². The number of nitrogens with zero attached hydrogens (tertiary/aromatic N) is 4. The summed E-state index contributed by atoms with van der Waals surface area (Å²) in [4.78, 5) is 0. The molecular formula is C2H10BrClN8. The van der Waals surface area contributed by atoms with Crippen molar-refractivity contribution in [3.8, 4) is 0 Å². The lowest BCUT2D eigenvalue weighted by Gasteiger charge is -1.58. The van der Waals surface area contributed by atoms with Gasteiger partial charge in [0.15, 0.2) is 12.7 Å². The summed E-state index contributed by atoms with van der Waals surface area (Å²) in [5, 5.41) is 11.1. The van der Waals surface area contributed by atoms with E-state index < -0.39 is 0 Å². The Kier molecular flexibility index (Phi) is 61.0. The highest BCUT2D eigenvalue weighted by atomic mass is 79.9. The first-order chi connectivity index (χ1) is 4.83. The van der Waals surface area contributed by atoms with Crippen molar-refractivity contribution in [2.24, 2.45) is 32.1 Å². The van der Waals surface area contributed by atoms with Crippen LogP contribution in [0.25, 0.3) is 0 Å². The average molecular weight is 262 g/mol. The minimum Gasteiger partial charge on any atom is -0.322 e. The monoisotopic (exact) mass is 260 g/mol. The van der Waals surface area contributed by atoms with Crippen LogP contribution in [0, 0.1) is 11.1 Å². The summed E-state index contributed by atoms with van der Waals surface area (Å²) < 4.78 is 0. The molecule has 8 nitrogen and oxygen atoms in total. The molecule has 0 radical (unpaired) electrons. The van der Waals surface area contributed by atoms with Gasteiger partial charge < -0.3 is 11.7 Å². The van der Waals surface area contributed by atoms with Crippen molar-refractivity contribution in [2.75, 3.05) is 0 Å². The summed E-state index contributed by atoms with van der Waals surface area (Å²) in [6.07, 6.45) is 1.89. The average Bonchev–Trinajstić information content (AvgIpc) is 1.93. The zero-order valence-corrected chi connectivity index (χ0v) is 8.44. The Bertz CT molecular complexity index is 117. The van der Waals surface area contributed by atoms with E-state index in [1.165, 1.54) is 0 Å². The van der Waals surface area contributed by atoms with Crippen molar-refractivity contribution in [1.29, 1.82) is 11.1 Å². The van der Waals surface area contributed by atoms with E-state index in [-0.39, 0.29) is 29.4 Å². The Labute approximate surface area is 85.7 Å². The van der Waals surface area contributed by atoms with Gasteiger partial charge in [-0.15, -0.1) is 39.6 Å². The van der Waals surface area contributed by atoms with Gasteiger partial charge in [-0.3, -0.25) is 0 Å². The van der Waals surface area contributed by atoms with Crippen LogP contribution in [0.1, 0.15) is 0 Å². The summed E-state index contributed by atoms with van der Waals surface area (Å²) in [6.45, 7) is 0. The van der Waals surface area contributed by atoms with E-state index in [9.17, 15) is 0 Å². The largest absolute Gasteiger partial charge is 0.322 e. The normalized spacial score (nSPS) is 7.33. The summed E-state index contributed by atoms with van der Waals surface area (Å²) in [7, 11) is 0. The van der Waals surface area contributed by atoms with Crippen LogP contribution in [-0.2, 0) is 0 Å². The number of hydrazone groups is 2. The smallest absolute Gasteiger partial charge is 0.156 e. The molecule has 0 fully saturated rings. The number of nitrogens with two attached hydrogens (primary N) is 2. The first-order valence-corrected chi connectivity index (χ1v) is 2.00. The first-order valence-electron chi connectivity index (χ1n) is 2.00. The van der Waals surface area contributed by atoms with Gasteiger partial charge in [0.25, 0.3) is 0 Å². The Morgan fingerprint density at radius 3 is 1.17 bits per heavy atom. The molecule has 0 unspecified atom stereocenters. The topological polar surface area (TPSA) is 149 Å². The van der Waals surface area contributed by atoms with Gasteiger partial charge in [-0.1, -0.05) is 0 Å². The maximum Gasteiger partial charge on any atom is 0.156 e. The lowest BCUT2D eigenvalue weighted by atomic mass is 11.4. The second-order valence-electron chi connectivity index (χ2n) is 0.787. The number of halogens is 2. The zero-order chi connectivity index (χ0) is 8.24. The van der Waals surface area contributed by atoms with E-state index in [2.05, 4.69) is 32.1 Å². The van der Waals surface area contributed by atoms with E-state index in [1.54, 1.807) is 0 Å². The molecule has 6 N–H and O–H groups in total. The molecule has 0 aromatic heterocycles. The lowest BCUT2D eigenvalue weighted by molar-refractivity contribution is 1.17. The molecule has 0 rings (SSSR count). The number of nitrogens with one attached hydrogen (secondary N) is 2. The minimum atomic E-state index is 0. The number of hydrogen-bond acceptors (Lipinski definition) is 6. The quantitative estimate of drug-likeness (QED) is 0.191. The predicted molar refractivity (Wildman–Crippen MR) is 53.2 cm³/mol. The molecule has 0 bridgehead atoms. The van der Waals surface area contributed by atoms with Crippen molar-refractivity contribution >= 4 is 42.1 Å². The molecule has 12 heavy (non-hydrogen) atoms. The fraction of sp³-hybridized carbons (Fsp3) is 0. The minimum absolute atomic E-state index is 0. The predicted octanol–water partition coefficient (Wildman–Crippen LogP) is 0.838. The van der Waals surface area contributed by atoms with Gasteiger partial charge >= 0.3 is 0 Å². The summed E-state index contributed by atoms with van der Waals surface area (Å²) in [5.74, 6) is 8.99. The third kappa shape index (κ3) is 65.8. The SMILES string of the molecule is Br.Cl.N=NC=NN.N=NC=NN. The molecule has 0 aromatic rings. The second kappa shape index (κ2) is 32.6. The fourth-order valence-electron chi connectivity index (χ4n) is 0.0667. The molecule has 72 valence electrons. The molecule has 0 saturated heterocycles. The Morgan fingerprint density at radius 1 is 0.917 bits per heavy atom. The molecule has 0 aromatic carbocycles. The van der Waals surface area contributed by atoms with Crippen molar-refractivity contribution in [3.63, 3.8) is 0 Å².